The summed E-state index contributed by atoms with van der Waals surface area (Å²) in [7, 11) is 0. The van der Waals surface area contributed by atoms with Gasteiger partial charge in [0.25, 0.3) is 0 Å². The van der Waals surface area contributed by atoms with Crippen molar-refractivity contribution >= 4 is 0 Å². The van der Waals surface area contributed by atoms with Gasteiger partial charge in [-0.05, 0) is 38.9 Å². The predicted molar refractivity (Wildman–Crippen MR) is 49.8 cm³/mol. The van der Waals surface area contributed by atoms with Crippen molar-refractivity contribution in [1.82, 2.24) is 4.90 Å². The molecular weight excluding hydrogens is 134 g/mol. The van der Waals surface area contributed by atoms with Crippen LogP contribution in [-0.4, -0.2) is 24.5 Å². The molecule has 0 radical (unpaired) electrons. The zero-order valence-electron chi connectivity index (χ0n) is 7.81. The highest BCUT2D eigenvalue weighted by Crippen LogP contribution is 2.14. The second-order valence-corrected chi connectivity index (χ2v) is 3.61. The van der Waals surface area contributed by atoms with Crippen LogP contribution in [0.5, 0.6) is 0 Å². The van der Waals surface area contributed by atoms with Crippen molar-refractivity contribution in [3.63, 3.8) is 0 Å². The zero-order valence-corrected chi connectivity index (χ0v) is 7.81. The molecule has 0 N–H and O–H groups in total. The highest BCUT2D eigenvalue weighted by molar-refractivity contribution is 4.64. The second-order valence-electron chi connectivity index (χ2n) is 3.61. The Morgan fingerprint density at radius 1 is 0.909 bits per heavy atom. The fraction of sp³-hybridized carbons (Fsp3) is 1.00. The predicted octanol–water partition coefficient (Wildman–Crippen LogP) is 2.66. The smallest absolute Gasteiger partial charge is 0.00183 e. The fourth-order valence-corrected chi connectivity index (χ4v) is 1.32. The highest BCUT2D eigenvalue weighted by Gasteiger charge is 2.08. The molecule has 2 aliphatic rings. The first-order valence-electron chi connectivity index (χ1n) is 5.16. The van der Waals surface area contributed by atoms with Crippen LogP contribution in [0.15, 0.2) is 0 Å². The van der Waals surface area contributed by atoms with Crippen molar-refractivity contribution in [2.24, 2.45) is 0 Å². The molecule has 66 valence electrons. The maximum Gasteiger partial charge on any atom is -0.00183 e. The van der Waals surface area contributed by atoms with Crippen LogP contribution in [0, 0.1) is 0 Å². The summed E-state index contributed by atoms with van der Waals surface area (Å²) in [4.78, 5) is 2.54. The zero-order chi connectivity index (χ0) is 7.94. The lowest BCUT2D eigenvalue weighted by atomic mass is 10.4. The van der Waals surface area contributed by atoms with E-state index in [1.165, 1.54) is 58.2 Å². The topological polar surface area (TPSA) is 3.24 Å². The van der Waals surface area contributed by atoms with E-state index in [1.54, 1.807) is 0 Å². The fourth-order valence-electron chi connectivity index (χ4n) is 1.32. The second kappa shape index (κ2) is 5.59. The summed E-state index contributed by atoms with van der Waals surface area (Å²) in [6, 6.07) is 0. The van der Waals surface area contributed by atoms with Gasteiger partial charge in [-0.3, -0.25) is 0 Å². The first-order chi connectivity index (χ1) is 5.43. The molecule has 11 heavy (non-hydrogen) atoms. The standard InChI is InChI=1S/C7H15N.C3H6/c1-2-5-8-6-3-4-7-8;1-2-3-1/h2-7H2,1H3;1-3H2. The van der Waals surface area contributed by atoms with Crippen molar-refractivity contribution in [2.75, 3.05) is 19.6 Å². The Labute approximate surface area is 70.8 Å². The lowest BCUT2D eigenvalue weighted by Crippen LogP contribution is -2.19. The largest absolute Gasteiger partial charge is 0.303 e. The summed E-state index contributed by atoms with van der Waals surface area (Å²) in [5.74, 6) is 0. The Bertz CT molecular complexity index is 80.1. The van der Waals surface area contributed by atoms with Crippen LogP contribution in [0.1, 0.15) is 45.4 Å². The van der Waals surface area contributed by atoms with E-state index in [0.29, 0.717) is 0 Å². The normalized spacial score (nSPS) is 22.6. The monoisotopic (exact) mass is 155 g/mol. The first-order valence-corrected chi connectivity index (χ1v) is 5.16. The molecule has 2 fully saturated rings. The third-order valence-corrected chi connectivity index (χ3v) is 2.09. The van der Waals surface area contributed by atoms with E-state index in [2.05, 4.69) is 11.8 Å². The number of hydrogen-bond donors (Lipinski definition) is 0. The number of rotatable bonds is 2. The van der Waals surface area contributed by atoms with Gasteiger partial charge in [-0.25, -0.2) is 0 Å². The molecule has 2 rings (SSSR count). The Morgan fingerprint density at radius 2 is 1.45 bits per heavy atom. The molecule has 0 amide bonds. The lowest BCUT2D eigenvalue weighted by molar-refractivity contribution is 0.339. The SMILES string of the molecule is C1CC1.CCCN1CCCC1. The number of hydrogen-bond acceptors (Lipinski definition) is 1. The van der Waals surface area contributed by atoms with E-state index in [4.69, 9.17) is 0 Å². The van der Waals surface area contributed by atoms with Gasteiger partial charge in [0.2, 0.25) is 0 Å². The van der Waals surface area contributed by atoms with Crippen LogP contribution in [0.3, 0.4) is 0 Å². The number of nitrogens with zero attached hydrogens (tertiary/aromatic N) is 1. The van der Waals surface area contributed by atoms with Crippen LogP contribution in [0.4, 0.5) is 0 Å². The van der Waals surface area contributed by atoms with Crippen molar-refractivity contribution in [1.29, 1.82) is 0 Å². The van der Waals surface area contributed by atoms with E-state index >= 15 is 0 Å². The average Bonchev–Trinajstić information content (AvgIpc) is 2.81. The summed E-state index contributed by atoms with van der Waals surface area (Å²) in [6.45, 7) is 6.28. The molecule has 1 aliphatic carbocycles. The van der Waals surface area contributed by atoms with E-state index in [1.807, 2.05) is 0 Å². The Morgan fingerprint density at radius 3 is 1.82 bits per heavy atom. The van der Waals surface area contributed by atoms with Crippen molar-refractivity contribution in [2.45, 2.75) is 45.4 Å². The highest BCUT2D eigenvalue weighted by atomic mass is 15.1. The van der Waals surface area contributed by atoms with E-state index in [-0.39, 0.29) is 0 Å². The molecule has 0 bridgehead atoms. The van der Waals surface area contributed by atoms with E-state index in [9.17, 15) is 0 Å². The third-order valence-electron chi connectivity index (χ3n) is 2.09. The molecule has 1 nitrogen and oxygen atoms in total. The van der Waals surface area contributed by atoms with Gasteiger partial charge in [0.1, 0.15) is 0 Å². The van der Waals surface area contributed by atoms with Crippen molar-refractivity contribution in [3.8, 4) is 0 Å². The maximum absolute atomic E-state index is 2.54. The molecule has 0 spiro atoms. The van der Waals surface area contributed by atoms with Crippen LogP contribution >= 0.6 is 0 Å². The summed E-state index contributed by atoms with van der Waals surface area (Å²) in [5.41, 5.74) is 0. The third kappa shape index (κ3) is 5.25. The molecule has 0 unspecified atom stereocenters. The van der Waals surface area contributed by atoms with Gasteiger partial charge >= 0.3 is 0 Å². The van der Waals surface area contributed by atoms with Crippen LogP contribution in [0.25, 0.3) is 0 Å². The van der Waals surface area contributed by atoms with Gasteiger partial charge < -0.3 is 4.90 Å². The quantitative estimate of drug-likeness (QED) is 0.592. The Hall–Kier alpha value is -0.0400. The average molecular weight is 155 g/mol. The van der Waals surface area contributed by atoms with Crippen LogP contribution in [0.2, 0.25) is 0 Å². The number of likely N-dealkylation sites (tertiary alicyclic amines) is 1. The lowest BCUT2D eigenvalue weighted by Gasteiger charge is -2.11. The summed E-state index contributed by atoms with van der Waals surface area (Å²) >= 11 is 0. The molecule has 1 heterocycles. The summed E-state index contributed by atoms with van der Waals surface area (Å²) < 4.78 is 0. The molecule has 0 aromatic carbocycles. The molecule has 1 aliphatic heterocycles. The summed E-state index contributed by atoms with van der Waals surface area (Å²) in [5, 5.41) is 0. The minimum Gasteiger partial charge on any atom is -0.303 e. The van der Waals surface area contributed by atoms with Gasteiger partial charge in [0, 0.05) is 0 Å². The molecule has 0 atom stereocenters. The Kier molecular flexibility index (Phi) is 4.60. The minimum atomic E-state index is 1.32. The van der Waals surface area contributed by atoms with Crippen LogP contribution < -0.4 is 0 Å². The summed E-state index contributed by atoms with van der Waals surface area (Å²) in [6.07, 6.45) is 8.68. The van der Waals surface area contributed by atoms with Gasteiger partial charge in [0.05, 0.1) is 0 Å². The molecule has 0 aromatic heterocycles. The molecule has 1 heteroatoms. The van der Waals surface area contributed by atoms with E-state index in [0.717, 1.165) is 0 Å². The maximum atomic E-state index is 2.54. The first kappa shape index (κ1) is 9.05. The molecule has 1 saturated carbocycles. The molecular formula is C10H21N. The Balaban J connectivity index is 0.000000167. The minimum absolute atomic E-state index is 1.32. The molecule has 0 aromatic rings. The van der Waals surface area contributed by atoms with E-state index < -0.39 is 0 Å². The van der Waals surface area contributed by atoms with Gasteiger partial charge in [-0.15, -0.1) is 0 Å². The van der Waals surface area contributed by atoms with Gasteiger partial charge in [-0.1, -0.05) is 26.2 Å². The van der Waals surface area contributed by atoms with Crippen molar-refractivity contribution < 1.29 is 0 Å². The molecule has 1 saturated heterocycles. The van der Waals surface area contributed by atoms with Gasteiger partial charge in [-0.2, -0.15) is 0 Å². The van der Waals surface area contributed by atoms with Crippen LogP contribution in [-0.2, 0) is 0 Å². The van der Waals surface area contributed by atoms with Gasteiger partial charge in [0.15, 0.2) is 0 Å². The van der Waals surface area contributed by atoms with Crippen molar-refractivity contribution in [3.05, 3.63) is 0 Å².